The average Bonchev–Trinajstić information content (AvgIpc) is 2.57. The van der Waals surface area contributed by atoms with Crippen molar-refractivity contribution in [2.24, 2.45) is 5.92 Å². The number of hydrogen-bond acceptors (Lipinski definition) is 4. The van der Waals surface area contributed by atoms with Gasteiger partial charge in [0.2, 0.25) is 11.8 Å². The Morgan fingerprint density at radius 1 is 1.27 bits per heavy atom. The van der Waals surface area contributed by atoms with Crippen molar-refractivity contribution in [3.8, 4) is 11.6 Å². The van der Waals surface area contributed by atoms with Crippen molar-refractivity contribution >= 4 is 5.95 Å². The zero-order valence-electron chi connectivity index (χ0n) is 12.7. The molecule has 1 aromatic heterocycles. The third kappa shape index (κ3) is 3.53. The lowest BCUT2D eigenvalue weighted by Crippen LogP contribution is -2.36. The van der Waals surface area contributed by atoms with Gasteiger partial charge in [0.1, 0.15) is 11.6 Å². The van der Waals surface area contributed by atoms with Crippen molar-refractivity contribution in [3.63, 3.8) is 0 Å². The Hall–Kier alpha value is -2.17. The molecule has 2 aromatic rings. The van der Waals surface area contributed by atoms with Gasteiger partial charge in [-0.1, -0.05) is 13.3 Å². The van der Waals surface area contributed by atoms with Crippen LogP contribution in [0, 0.1) is 11.7 Å². The maximum Gasteiger partial charge on any atom is 0.228 e. The van der Waals surface area contributed by atoms with Crippen LogP contribution >= 0.6 is 0 Å². The van der Waals surface area contributed by atoms with Gasteiger partial charge in [-0.2, -0.15) is 4.98 Å². The Morgan fingerprint density at radius 2 is 2.09 bits per heavy atom. The molecule has 1 atom stereocenters. The molecule has 2 heterocycles. The standard InChI is InChI=1S/C17H20FN3O/c1-2-13-4-3-11-21(12-13)17-19-10-9-16(20-17)22-15-7-5-14(18)6-8-15/h5-10,13H,2-4,11-12H2,1H3. The van der Waals surface area contributed by atoms with E-state index in [-0.39, 0.29) is 5.82 Å². The third-order valence-corrected chi connectivity index (χ3v) is 4.03. The van der Waals surface area contributed by atoms with Gasteiger partial charge in [0.15, 0.2) is 0 Å². The summed E-state index contributed by atoms with van der Waals surface area (Å²) < 4.78 is 18.6. The molecule has 5 heteroatoms. The molecule has 0 saturated carbocycles. The molecule has 0 bridgehead atoms. The normalized spacial score (nSPS) is 18.3. The van der Waals surface area contributed by atoms with Gasteiger partial charge in [0.25, 0.3) is 0 Å². The lowest BCUT2D eigenvalue weighted by molar-refractivity contribution is 0.398. The lowest BCUT2D eigenvalue weighted by Gasteiger charge is -2.32. The van der Waals surface area contributed by atoms with E-state index in [4.69, 9.17) is 4.74 Å². The number of hydrogen-bond donors (Lipinski definition) is 0. The van der Waals surface area contributed by atoms with E-state index in [1.807, 2.05) is 0 Å². The molecule has 1 aliphatic heterocycles. The smallest absolute Gasteiger partial charge is 0.228 e. The quantitative estimate of drug-likeness (QED) is 0.854. The molecule has 0 aliphatic carbocycles. The van der Waals surface area contributed by atoms with E-state index in [0.29, 0.717) is 23.5 Å². The molecule has 1 unspecified atom stereocenters. The number of piperidine rings is 1. The maximum atomic E-state index is 12.9. The summed E-state index contributed by atoms with van der Waals surface area (Å²) >= 11 is 0. The van der Waals surface area contributed by atoms with Gasteiger partial charge in [-0.05, 0) is 43.0 Å². The lowest BCUT2D eigenvalue weighted by atomic mass is 9.96. The Kier molecular flexibility index (Phi) is 4.51. The second kappa shape index (κ2) is 6.73. The van der Waals surface area contributed by atoms with E-state index in [2.05, 4.69) is 21.8 Å². The van der Waals surface area contributed by atoms with Crippen LogP contribution < -0.4 is 9.64 Å². The molecule has 4 nitrogen and oxygen atoms in total. The fourth-order valence-electron chi connectivity index (χ4n) is 2.74. The summed E-state index contributed by atoms with van der Waals surface area (Å²) in [5, 5.41) is 0. The van der Waals surface area contributed by atoms with E-state index in [0.717, 1.165) is 13.1 Å². The Labute approximate surface area is 130 Å². The highest BCUT2D eigenvalue weighted by Gasteiger charge is 2.20. The van der Waals surface area contributed by atoms with Crippen molar-refractivity contribution in [2.45, 2.75) is 26.2 Å². The summed E-state index contributed by atoms with van der Waals surface area (Å²) in [5.74, 6) is 2.18. The van der Waals surface area contributed by atoms with Crippen molar-refractivity contribution < 1.29 is 9.13 Å². The molecule has 3 rings (SSSR count). The third-order valence-electron chi connectivity index (χ3n) is 4.03. The molecule has 1 aromatic carbocycles. The van der Waals surface area contributed by atoms with Crippen LogP contribution in [-0.2, 0) is 0 Å². The number of ether oxygens (including phenoxy) is 1. The molecule has 22 heavy (non-hydrogen) atoms. The summed E-state index contributed by atoms with van der Waals surface area (Å²) in [7, 11) is 0. The van der Waals surface area contributed by atoms with E-state index in [1.165, 1.54) is 31.4 Å². The van der Waals surface area contributed by atoms with Crippen molar-refractivity contribution in [1.82, 2.24) is 9.97 Å². The van der Waals surface area contributed by atoms with Crippen LogP contribution in [0.3, 0.4) is 0 Å². The highest BCUT2D eigenvalue weighted by atomic mass is 19.1. The van der Waals surface area contributed by atoms with E-state index >= 15 is 0 Å². The summed E-state index contributed by atoms with van der Waals surface area (Å²) in [6.07, 6.45) is 5.34. The van der Waals surface area contributed by atoms with Crippen molar-refractivity contribution in [2.75, 3.05) is 18.0 Å². The van der Waals surface area contributed by atoms with Gasteiger partial charge >= 0.3 is 0 Å². The van der Waals surface area contributed by atoms with Gasteiger partial charge < -0.3 is 9.64 Å². The minimum atomic E-state index is -0.283. The summed E-state index contributed by atoms with van der Waals surface area (Å²) in [5.41, 5.74) is 0. The molecule has 0 spiro atoms. The van der Waals surface area contributed by atoms with Gasteiger partial charge in [0.05, 0.1) is 0 Å². The van der Waals surface area contributed by atoms with Crippen LogP contribution in [0.1, 0.15) is 26.2 Å². The largest absolute Gasteiger partial charge is 0.439 e. The molecule has 0 N–H and O–H groups in total. The molecular formula is C17H20FN3O. The monoisotopic (exact) mass is 301 g/mol. The number of benzene rings is 1. The predicted octanol–water partition coefficient (Wildman–Crippen LogP) is 4.03. The predicted molar refractivity (Wildman–Crippen MR) is 83.7 cm³/mol. The molecular weight excluding hydrogens is 281 g/mol. The van der Waals surface area contributed by atoms with Gasteiger partial charge in [-0.15, -0.1) is 0 Å². The van der Waals surface area contributed by atoms with E-state index in [1.54, 1.807) is 24.4 Å². The SMILES string of the molecule is CCC1CCCN(c2nccc(Oc3ccc(F)cc3)n2)C1. The molecule has 1 saturated heterocycles. The fraction of sp³-hybridized carbons (Fsp3) is 0.412. The van der Waals surface area contributed by atoms with Gasteiger partial charge in [-0.25, -0.2) is 9.37 Å². The van der Waals surface area contributed by atoms with E-state index in [9.17, 15) is 4.39 Å². The zero-order valence-corrected chi connectivity index (χ0v) is 12.7. The van der Waals surface area contributed by atoms with Crippen molar-refractivity contribution in [3.05, 3.63) is 42.3 Å². The van der Waals surface area contributed by atoms with Crippen LogP contribution in [-0.4, -0.2) is 23.1 Å². The van der Waals surface area contributed by atoms with Crippen LogP contribution in [0.25, 0.3) is 0 Å². The highest BCUT2D eigenvalue weighted by molar-refractivity contribution is 5.34. The van der Waals surface area contributed by atoms with Crippen LogP contribution in [0.5, 0.6) is 11.6 Å². The Morgan fingerprint density at radius 3 is 2.86 bits per heavy atom. The van der Waals surface area contributed by atoms with Gasteiger partial charge in [0, 0.05) is 25.4 Å². The number of rotatable bonds is 4. The Balaban J connectivity index is 1.73. The second-order valence-corrected chi connectivity index (χ2v) is 5.61. The molecule has 0 amide bonds. The highest BCUT2D eigenvalue weighted by Crippen LogP contribution is 2.25. The van der Waals surface area contributed by atoms with Crippen LogP contribution in [0.2, 0.25) is 0 Å². The summed E-state index contributed by atoms with van der Waals surface area (Å²) in [4.78, 5) is 11.1. The van der Waals surface area contributed by atoms with Gasteiger partial charge in [-0.3, -0.25) is 0 Å². The minimum absolute atomic E-state index is 0.283. The fourth-order valence-corrected chi connectivity index (χ4v) is 2.74. The topological polar surface area (TPSA) is 38.2 Å². The Bertz CT molecular complexity index is 618. The molecule has 1 fully saturated rings. The molecule has 116 valence electrons. The van der Waals surface area contributed by atoms with Crippen molar-refractivity contribution in [1.29, 1.82) is 0 Å². The summed E-state index contributed by atoms with van der Waals surface area (Å²) in [6.45, 7) is 4.20. The first kappa shape index (κ1) is 14.8. The number of aromatic nitrogens is 2. The van der Waals surface area contributed by atoms with E-state index < -0.39 is 0 Å². The maximum absolute atomic E-state index is 12.9. The first-order chi connectivity index (χ1) is 10.7. The van der Waals surface area contributed by atoms with Crippen LogP contribution in [0.15, 0.2) is 36.5 Å². The molecule has 0 radical (unpaired) electrons. The first-order valence-electron chi connectivity index (χ1n) is 7.76. The number of anilines is 1. The first-order valence-corrected chi connectivity index (χ1v) is 7.76. The number of nitrogens with zero attached hydrogens (tertiary/aromatic N) is 3. The minimum Gasteiger partial charge on any atom is -0.439 e. The molecule has 1 aliphatic rings. The summed E-state index contributed by atoms with van der Waals surface area (Å²) in [6, 6.07) is 7.63. The average molecular weight is 301 g/mol. The van der Waals surface area contributed by atoms with Crippen LogP contribution in [0.4, 0.5) is 10.3 Å². The second-order valence-electron chi connectivity index (χ2n) is 5.61. The zero-order chi connectivity index (χ0) is 15.4. The number of halogens is 1.